The zero-order valence-electron chi connectivity index (χ0n) is 11.1. The molecule has 1 aliphatic rings. The van der Waals surface area contributed by atoms with Gasteiger partial charge in [0.15, 0.2) is 0 Å². The Kier molecular flexibility index (Phi) is 2.89. The maximum absolute atomic E-state index is 4.44. The van der Waals surface area contributed by atoms with E-state index in [9.17, 15) is 0 Å². The molecule has 0 unspecified atom stereocenters. The number of aromatic nitrogens is 2. The predicted octanol–water partition coefficient (Wildman–Crippen LogP) is 3.64. The normalized spacial score (nSPS) is 14.5. The fourth-order valence-corrected chi connectivity index (χ4v) is 3.54. The van der Waals surface area contributed by atoms with Crippen LogP contribution in [0.4, 0.5) is 5.69 Å². The van der Waals surface area contributed by atoms with E-state index in [1.54, 1.807) is 0 Å². The van der Waals surface area contributed by atoms with Gasteiger partial charge in [0.2, 0.25) is 0 Å². The molecule has 4 rings (SSSR count). The van der Waals surface area contributed by atoms with Gasteiger partial charge in [-0.3, -0.25) is 0 Å². The largest absolute Gasteiger partial charge is 0.367 e. The van der Waals surface area contributed by atoms with Crippen LogP contribution in [0.1, 0.15) is 17.5 Å². The van der Waals surface area contributed by atoms with E-state index in [1.807, 2.05) is 6.07 Å². The Morgan fingerprint density at radius 1 is 1.05 bits per heavy atom. The number of fused-ring (bicyclic) bond motifs is 2. The zero-order chi connectivity index (χ0) is 13.4. The maximum atomic E-state index is 4.44. The van der Waals surface area contributed by atoms with Crippen molar-refractivity contribution in [2.45, 2.75) is 19.4 Å². The van der Waals surface area contributed by atoms with Gasteiger partial charge in [0.25, 0.3) is 0 Å². The fraction of sp³-hybridized carbons (Fsp3) is 0.250. The molecule has 3 aromatic rings. The number of rotatable bonds is 2. The molecule has 20 heavy (non-hydrogen) atoms. The Morgan fingerprint density at radius 2 is 2.00 bits per heavy atom. The molecule has 2 aromatic carbocycles. The van der Waals surface area contributed by atoms with Gasteiger partial charge in [-0.2, -0.15) is 8.75 Å². The molecule has 1 aromatic heterocycles. The molecule has 1 aliphatic heterocycles. The first kappa shape index (κ1) is 11.9. The van der Waals surface area contributed by atoms with E-state index in [0.717, 1.165) is 24.1 Å². The molecule has 100 valence electrons. The van der Waals surface area contributed by atoms with Crippen molar-refractivity contribution in [2.75, 3.05) is 11.4 Å². The van der Waals surface area contributed by atoms with Crippen molar-refractivity contribution in [3.63, 3.8) is 0 Å². The van der Waals surface area contributed by atoms with Crippen molar-refractivity contribution in [2.24, 2.45) is 0 Å². The first-order valence-corrected chi connectivity index (χ1v) is 7.68. The Hall–Kier alpha value is -1.94. The van der Waals surface area contributed by atoms with Crippen LogP contribution in [-0.4, -0.2) is 15.3 Å². The highest BCUT2D eigenvalue weighted by Crippen LogP contribution is 2.29. The summed E-state index contributed by atoms with van der Waals surface area (Å²) in [6.07, 6.45) is 2.41. The summed E-state index contributed by atoms with van der Waals surface area (Å²) in [6.45, 7) is 2.03. The van der Waals surface area contributed by atoms with Gasteiger partial charge in [-0.25, -0.2) is 0 Å². The summed E-state index contributed by atoms with van der Waals surface area (Å²) in [5, 5.41) is 0. The molecule has 0 atom stereocenters. The molecule has 2 heterocycles. The van der Waals surface area contributed by atoms with Gasteiger partial charge in [0.1, 0.15) is 11.0 Å². The summed E-state index contributed by atoms with van der Waals surface area (Å²) in [5.74, 6) is 0. The van der Waals surface area contributed by atoms with E-state index in [0.29, 0.717) is 0 Å². The number of nitrogens with zero attached hydrogens (tertiary/aromatic N) is 3. The van der Waals surface area contributed by atoms with Gasteiger partial charge in [0, 0.05) is 24.3 Å². The molecular formula is C16H15N3S. The number of hydrogen-bond donors (Lipinski definition) is 0. The molecule has 0 spiro atoms. The lowest BCUT2D eigenvalue weighted by atomic mass is 10.0. The molecule has 0 saturated heterocycles. The summed E-state index contributed by atoms with van der Waals surface area (Å²) in [4.78, 5) is 2.47. The minimum Gasteiger partial charge on any atom is -0.367 e. The minimum absolute atomic E-state index is 0.916. The van der Waals surface area contributed by atoms with Gasteiger partial charge in [-0.15, -0.1) is 0 Å². The van der Waals surface area contributed by atoms with Crippen LogP contribution in [0.25, 0.3) is 11.0 Å². The number of aryl methyl sites for hydroxylation is 1. The lowest BCUT2D eigenvalue weighted by molar-refractivity contribution is 0.692. The fourth-order valence-electron chi connectivity index (χ4n) is 2.97. The van der Waals surface area contributed by atoms with Crippen LogP contribution in [0.2, 0.25) is 0 Å². The van der Waals surface area contributed by atoms with Gasteiger partial charge in [0.05, 0.1) is 11.7 Å². The molecule has 0 N–H and O–H groups in total. The van der Waals surface area contributed by atoms with Gasteiger partial charge in [-0.1, -0.05) is 30.3 Å². The summed E-state index contributed by atoms with van der Waals surface area (Å²) >= 11 is 1.30. The number of hydrogen-bond acceptors (Lipinski definition) is 4. The molecule has 0 saturated carbocycles. The Morgan fingerprint density at radius 3 is 3.00 bits per heavy atom. The summed E-state index contributed by atoms with van der Waals surface area (Å²) in [6, 6.07) is 15.0. The van der Waals surface area contributed by atoms with Gasteiger partial charge in [-0.05, 0) is 30.5 Å². The van der Waals surface area contributed by atoms with Crippen molar-refractivity contribution in [1.29, 1.82) is 0 Å². The third-order valence-electron chi connectivity index (χ3n) is 3.94. The van der Waals surface area contributed by atoms with E-state index in [2.05, 4.69) is 50.0 Å². The minimum atomic E-state index is 0.916. The van der Waals surface area contributed by atoms with E-state index in [-0.39, 0.29) is 0 Å². The summed E-state index contributed by atoms with van der Waals surface area (Å²) < 4.78 is 8.77. The molecule has 0 bridgehead atoms. The molecule has 0 aliphatic carbocycles. The van der Waals surface area contributed by atoms with Crippen molar-refractivity contribution in [1.82, 2.24) is 8.75 Å². The van der Waals surface area contributed by atoms with Crippen LogP contribution < -0.4 is 4.90 Å². The van der Waals surface area contributed by atoms with Crippen molar-refractivity contribution in [3.8, 4) is 0 Å². The second-order valence-corrected chi connectivity index (χ2v) is 5.73. The SMILES string of the molecule is c1ccc2c(c1)CCCN2Cc1cccc2nsnc12. The van der Waals surface area contributed by atoms with E-state index < -0.39 is 0 Å². The number of benzene rings is 2. The lowest BCUT2D eigenvalue weighted by Gasteiger charge is -2.31. The quantitative estimate of drug-likeness (QED) is 0.718. The summed E-state index contributed by atoms with van der Waals surface area (Å²) in [5.41, 5.74) is 6.17. The predicted molar refractivity (Wildman–Crippen MR) is 83.2 cm³/mol. The molecule has 4 heteroatoms. The summed E-state index contributed by atoms with van der Waals surface area (Å²) in [7, 11) is 0. The van der Waals surface area contributed by atoms with Crippen LogP contribution in [0.5, 0.6) is 0 Å². The van der Waals surface area contributed by atoms with Crippen LogP contribution >= 0.6 is 11.7 Å². The number of anilines is 1. The molecule has 0 fully saturated rings. The van der Waals surface area contributed by atoms with Crippen LogP contribution in [-0.2, 0) is 13.0 Å². The van der Waals surface area contributed by atoms with E-state index >= 15 is 0 Å². The smallest absolute Gasteiger partial charge is 0.109 e. The second kappa shape index (κ2) is 4.87. The molecule has 3 nitrogen and oxygen atoms in total. The first-order valence-electron chi connectivity index (χ1n) is 6.95. The van der Waals surface area contributed by atoms with Crippen LogP contribution in [0, 0.1) is 0 Å². The average molecular weight is 281 g/mol. The topological polar surface area (TPSA) is 29.0 Å². The monoisotopic (exact) mass is 281 g/mol. The standard InChI is InChI=1S/C16H15N3S/c1-2-9-15-12(5-1)7-4-10-19(15)11-13-6-3-8-14-16(13)18-20-17-14/h1-3,5-6,8-9H,4,7,10-11H2. The molecule has 0 radical (unpaired) electrons. The van der Waals surface area contributed by atoms with Crippen molar-refractivity contribution in [3.05, 3.63) is 53.6 Å². The number of para-hydroxylation sites is 1. The van der Waals surface area contributed by atoms with Crippen molar-refractivity contribution < 1.29 is 0 Å². The third-order valence-corrected chi connectivity index (χ3v) is 4.48. The van der Waals surface area contributed by atoms with E-state index in [1.165, 1.54) is 41.4 Å². The molecule has 0 amide bonds. The highest BCUT2D eigenvalue weighted by molar-refractivity contribution is 7.00. The maximum Gasteiger partial charge on any atom is 0.109 e. The third kappa shape index (κ3) is 1.96. The average Bonchev–Trinajstić information content (AvgIpc) is 2.97. The Bertz CT molecular complexity index is 750. The van der Waals surface area contributed by atoms with E-state index in [4.69, 9.17) is 0 Å². The highest BCUT2D eigenvalue weighted by atomic mass is 32.1. The van der Waals surface area contributed by atoms with Crippen LogP contribution in [0.15, 0.2) is 42.5 Å². The van der Waals surface area contributed by atoms with Crippen LogP contribution in [0.3, 0.4) is 0 Å². The Balaban J connectivity index is 1.72. The second-order valence-electron chi connectivity index (χ2n) is 5.20. The Labute approximate surface area is 122 Å². The van der Waals surface area contributed by atoms with Gasteiger partial charge < -0.3 is 4.90 Å². The highest BCUT2D eigenvalue weighted by Gasteiger charge is 2.17. The van der Waals surface area contributed by atoms with Gasteiger partial charge >= 0.3 is 0 Å². The first-order chi connectivity index (χ1) is 9.92. The zero-order valence-corrected chi connectivity index (χ0v) is 11.9. The van der Waals surface area contributed by atoms with Crippen molar-refractivity contribution >= 4 is 28.4 Å². The molecular weight excluding hydrogens is 266 g/mol. The lowest BCUT2D eigenvalue weighted by Crippen LogP contribution is -2.28.